The second-order valence-electron chi connectivity index (χ2n) is 7.41. The summed E-state index contributed by atoms with van der Waals surface area (Å²) < 4.78 is 5.65. The summed E-state index contributed by atoms with van der Waals surface area (Å²) in [5.41, 5.74) is 1.89. The van der Waals surface area contributed by atoms with E-state index in [2.05, 4.69) is 46.2 Å². The molecule has 5 heteroatoms. The molecular weight excluding hydrogens is 330 g/mol. The molecule has 134 valence electrons. The number of piperidine rings is 3. The number of benzene rings is 1. The van der Waals surface area contributed by atoms with Gasteiger partial charge in [-0.25, -0.2) is 0 Å². The molecule has 5 rings (SSSR count). The average molecular weight is 358 g/mol. The highest BCUT2D eigenvalue weighted by Crippen LogP contribution is 2.36. The van der Waals surface area contributed by atoms with Crippen LogP contribution in [0.5, 0.6) is 0 Å². The van der Waals surface area contributed by atoms with Crippen molar-refractivity contribution in [1.82, 2.24) is 9.27 Å². The van der Waals surface area contributed by atoms with Crippen molar-refractivity contribution in [2.24, 2.45) is 11.8 Å². The molecule has 0 unspecified atom stereocenters. The summed E-state index contributed by atoms with van der Waals surface area (Å²) in [6, 6.07) is 6.43. The Bertz CT molecular complexity index is 759. The molecular formula is C20H27N3OS. The van der Waals surface area contributed by atoms with Crippen molar-refractivity contribution >= 4 is 33.1 Å². The van der Waals surface area contributed by atoms with Crippen molar-refractivity contribution in [3.8, 4) is 0 Å². The van der Waals surface area contributed by atoms with Gasteiger partial charge in [0, 0.05) is 37.1 Å². The number of ketones is 1. The van der Waals surface area contributed by atoms with E-state index < -0.39 is 0 Å². The lowest BCUT2D eigenvalue weighted by Crippen LogP contribution is -2.47. The Kier molecular flexibility index (Phi) is 4.78. The first-order valence-electron chi connectivity index (χ1n) is 9.59. The largest absolute Gasteiger partial charge is 0.372 e. The number of nitrogens with zero attached hydrogens (tertiary/aromatic N) is 3. The number of rotatable bonds is 6. The summed E-state index contributed by atoms with van der Waals surface area (Å²) >= 11 is 1.46. The lowest BCUT2D eigenvalue weighted by molar-refractivity contribution is 0.0440. The van der Waals surface area contributed by atoms with E-state index in [1.807, 2.05) is 0 Å². The van der Waals surface area contributed by atoms with Crippen LogP contribution in [0.15, 0.2) is 18.2 Å². The smallest absolute Gasteiger partial charge is 0.183 e. The van der Waals surface area contributed by atoms with Crippen LogP contribution in [-0.4, -0.2) is 47.8 Å². The van der Waals surface area contributed by atoms with Gasteiger partial charge in [-0.05, 0) is 81.3 Å². The van der Waals surface area contributed by atoms with Gasteiger partial charge in [0.05, 0.1) is 4.70 Å². The van der Waals surface area contributed by atoms with Crippen LogP contribution in [0.25, 0.3) is 10.1 Å². The number of carbonyl (C=O) groups is 1. The van der Waals surface area contributed by atoms with Crippen LogP contribution in [0.1, 0.15) is 43.6 Å². The van der Waals surface area contributed by atoms with Gasteiger partial charge < -0.3 is 9.80 Å². The molecule has 1 aromatic heterocycles. The van der Waals surface area contributed by atoms with Crippen LogP contribution in [-0.2, 0) is 0 Å². The monoisotopic (exact) mass is 357 g/mol. The fraction of sp³-hybridized carbons (Fsp3) is 0.600. The second-order valence-corrected chi connectivity index (χ2v) is 8.21. The Morgan fingerprint density at radius 3 is 2.68 bits per heavy atom. The van der Waals surface area contributed by atoms with Crippen LogP contribution in [0, 0.1) is 11.8 Å². The fourth-order valence-corrected chi connectivity index (χ4v) is 5.34. The third kappa shape index (κ3) is 3.20. The molecule has 25 heavy (non-hydrogen) atoms. The number of hydrogen-bond donors (Lipinski definition) is 0. The van der Waals surface area contributed by atoms with Crippen molar-refractivity contribution in [1.29, 1.82) is 0 Å². The molecule has 0 amide bonds. The molecule has 0 radical (unpaired) electrons. The molecule has 0 aliphatic carbocycles. The van der Waals surface area contributed by atoms with Crippen LogP contribution < -0.4 is 4.90 Å². The molecule has 4 heterocycles. The Labute approximate surface area is 154 Å². The molecule has 2 bridgehead atoms. The van der Waals surface area contributed by atoms with E-state index >= 15 is 0 Å². The first kappa shape index (κ1) is 17.0. The summed E-state index contributed by atoms with van der Waals surface area (Å²) in [5, 5.41) is 1.04. The van der Waals surface area contributed by atoms with Crippen LogP contribution in [0.4, 0.5) is 5.69 Å². The van der Waals surface area contributed by atoms with Crippen LogP contribution in [0.2, 0.25) is 0 Å². The van der Waals surface area contributed by atoms with Gasteiger partial charge in [0.2, 0.25) is 0 Å². The van der Waals surface area contributed by atoms with E-state index in [1.165, 1.54) is 43.2 Å². The number of aromatic nitrogens is 1. The summed E-state index contributed by atoms with van der Waals surface area (Å²) in [6.45, 7) is 9.83. The number of carbonyl (C=O) groups excluding carboxylic acids is 1. The normalized spacial score (nSPS) is 25.4. The predicted octanol–water partition coefficient (Wildman–Crippen LogP) is 4.06. The van der Waals surface area contributed by atoms with E-state index in [1.54, 1.807) is 0 Å². The molecule has 3 saturated heterocycles. The van der Waals surface area contributed by atoms with Gasteiger partial charge in [-0.15, -0.1) is 0 Å². The number of Topliss-reactive ketones (excluding diaryl/α,β-unsaturated/α-hetero) is 1. The minimum atomic E-state index is 0.238. The maximum Gasteiger partial charge on any atom is 0.183 e. The van der Waals surface area contributed by atoms with Gasteiger partial charge in [-0.2, -0.15) is 4.37 Å². The van der Waals surface area contributed by atoms with E-state index in [-0.39, 0.29) is 5.78 Å². The van der Waals surface area contributed by atoms with Crippen molar-refractivity contribution in [2.75, 3.05) is 37.6 Å². The standard InChI is InChI=1S/C20H27N3OS/c1-3-23(4-2)16-5-6-19-17(12-16)20(21-25-19)18(24)11-15-13-22-9-7-14(15)8-10-22/h5-6,12,14-15H,3-4,7-11,13H2,1-2H3/t15-/m1/s1. The van der Waals surface area contributed by atoms with E-state index in [4.69, 9.17) is 0 Å². The molecule has 3 aliphatic heterocycles. The highest BCUT2D eigenvalue weighted by molar-refractivity contribution is 7.13. The van der Waals surface area contributed by atoms with E-state index in [0.29, 0.717) is 18.0 Å². The van der Waals surface area contributed by atoms with Crippen LogP contribution in [0.3, 0.4) is 0 Å². The molecule has 1 aromatic carbocycles. The zero-order valence-corrected chi connectivity index (χ0v) is 16.0. The van der Waals surface area contributed by atoms with Crippen molar-refractivity contribution in [3.05, 3.63) is 23.9 Å². The summed E-state index contributed by atoms with van der Waals surface area (Å²) in [4.78, 5) is 17.8. The lowest BCUT2D eigenvalue weighted by Gasteiger charge is -2.44. The van der Waals surface area contributed by atoms with Crippen molar-refractivity contribution in [2.45, 2.75) is 33.1 Å². The zero-order chi connectivity index (χ0) is 17.4. The topological polar surface area (TPSA) is 36.4 Å². The number of hydrogen-bond acceptors (Lipinski definition) is 5. The Balaban J connectivity index is 1.57. The van der Waals surface area contributed by atoms with Gasteiger partial charge in [0.25, 0.3) is 0 Å². The maximum atomic E-state index is 13.0. The first-order valence-corrected chi connectivity index (χ1v) is 10.4. The SMILES string of the molecule is CCN(CC)c1ccc2snc(C(=O)C[C@@H]3CN4CCC3CC4)c2c1. The van der Waals surface area contributed by atoms with Gasteiger partial charge in [0.15, 0.2) is 5.78 Å². The Hall–Kier alpha value is -1.46. The highest BCUT2D eigenvalue weighted by Gasteiger charge is 2.35. The molecule has 0 N–H and O–H groups in total. The van der Waals surface area contributed by atoms with Crippen molar-refractivity contribution in [3.63, 3.8) is 0 Å². The maximum absolute atomic E-state index is 13.0. The van der Waals surface area contributed by atoms with Crippen molar-refractivity contribution < 1.29 is 4.79 Å². The molecule has 0 spiro atoms. The molecule has 2 aromatic rings. The third-order valence-electron chi connectivity index (χ3n) is 6.09. The summed E-state index contributed by atoms with van der Waals surface area (Å²) in [5.74, 6) is 1.50. The molecule has 3 fully saturated rings. The average Bonchev–Trinajstić information content (AvgIpc) is 3.07. The molecule has 0 saturated carbocycles. The number of fused-ring (bicyclic) bond motifs is 4. The third-order valence-corrected chi connectivity index (χ3v) is 6.91. The number of anilines is 1. The second kappa shape index (κ2) is 7.04. The van der Waals surface area contributed by atoms with Crippen LogP contribution >= 0.6 is 11.5 Å². The predicted molar refractivity (Wildman–Crippen MR) is 105 cm³/mol. The molecule has 4 nitrogen and oxygen atoms in total. The minimum absolute atomic E-state index is 0.238. The molecule has 3 aliphatic rings. The first-order chi connectivity index (χ1) is 12.2. The van der Waals surface area contributed by atoms with Gasteiger partial charge in [-0.3, -0.25) is 4.79 Å². The van der Waals surface area contributed by atoms with E-state index in [0.717, 1.165) is 35.6 Å². The Morgan fingerprint density at radius 2 is 2.04 bits per heavy atom. The summed E-state index contributed by atoms with van der Waals surface area (Å²) in [7, 11) is 0. The lowest BCUT2D eigenvalue weighted by atomic mass is 9.76. The molecule has 1 atom stereocenters. The van der Waals surface area contributed by atoms with Gasteiger partial charge in [-0.1, -0.05) is 0 Å². The van der Waals surface area contributed by atoms with E-state index in [9.17, 15) is 4.79 Å². The zero-order valence-electron chi connectivity index (χ0n) is 15.2. The van der Waals surface area contributed by atoms with Gasteiger partial charge >= 0.3 is 0 Å². The summed E-state index contributed by atoms with van der Waals surface area (Å²) in [6.07, 6.45) is 3.19. The highest BCUT2D eigenvalue weighted by atomic mass is 32.1. The Morgan fingerprint density at radius 1 is 1.28 bits per heavy atom. The fourth-order valence-electron chi connectivity index (χ4n) is 4.57. The minimum Gasteiger partial charge on any atom is -0.372 e. The quantitative estimate of drug-likeness (QED) is 0.731. The van der Waals surface area contributed by atoms with Gasteiger partial charge in [0.1, 0.15) is 5.69 Å².